The Morgan fingerprint density at radius 1 is 1.20 bits per heavy atom. The zero-order valence-corrected chi connectivity index (χ0v) is 15.2. The summed E-state index contributed by atoms with van der Waals surface area (Å²) in [7, 11) is 0. The van der Waals surface area contributed by atoms with Crippen molar-refractivity contribution in [3.63, 3.8) is 0 Å². The largest absolute Gasteiger partial charge is 0.368 e. The van der Waals surface area contributed by atoms with Gasteiger partial charge in [0, 0.05) is 32.6 Å². The number of aromatic nitrogens is 3. The van der Waals surface area contributed by atoms with E-state index in [1.54, 1.807) is 5.51 Å². The third kappa shape index (κ3) is 3.53. The Hall–Kier alpha value is -1.96. The first-order valence-electron chi connectivity index (χ1n) is 9.10. The van der Waals surface area contributed by atoms with E-state index in [1.165, 1.54) is 37.0 Å². The third-order valence-corrected chi connectivity index (χ3v) is 6.09. The number of amides is 1. The molecule has 4 rings (SSSR count). The van der Waals surface area contributed by atoms with Gasteiger partial charge in [-0.3, -0.25) is 4.79 Å². The van der Waals surface area contributed by atoms with E-state index in [9.17, 15) is 4.79 Å². The highest BCUT2D eigenvalue weighted by Crippen LogP contribution is 2.29. The van der Waals surface area contributed by atoms with E-state index in [0.29, 0.717) is 12.3 Å². The summed E-state index contributed by atoms with van der Waals surface area (Å²) in [5.41, 5.74) is 8.41. The van der Waals surface area contributed by atoms with Crippen LogP contribution in [0, 0.1) is 5.92 Å². The number of nitrogens with two attached hydrogens (primary N) is 1. The average Bonchev–Trinajstić information content (AvgIpc) is 3.30. The number of carbonyl (C=O) groups is 1. The fourth-order valence-electron chi connectivity index (χ4n) is 3.94. The molecule has 0 spiro atoms. The molecule has 1 aliphatic carbocycles. The number of nitrogen functional groups attached to an aromatic ring is 1. The van der Waals surface area contributed by atoms with E-state index in [1.807, 2.05) is 4.90 Å². The second kappa shape index (κ2) is 7.11. The number of carbonyl (C=O) groups excluding carboxylic acids is 1. The second-order valence-electron chi connectivity index (χ2n) is 6.97. The van der Waals surface area contributed by atoms with E-state index in [2.05, 4.69) is 19.9 Å². The van der Waals surface area contributed by atoms with Gasteiger partial charge in [-0.2, -0.15) is 4.98 Å². The number of piperazine rings is 1. The molecule has 1 aliphatic heterocycles. The molecule has 8 heteroatoms. The smallest absolute Gasteiger partial charge is 0.223 e. The van der Waals surface area contributed by atoms with Gasteiger partial charge in [-0.1, -0.05) is 25.7 Å². The van der Waals surface area contributed by atoms with Crippen LogP contribution in [0.5, 0.6) is 0 Å². The predicted octanol–water partition coefficient (Wildman–Crippen LogP) is 2.29. The van der Waals surface area contributed by atoms with Crippen LogP contribution >= 0.6 is 11.3 Å². The molecule has 1 saturated heterocycles. The van der Waals surface area contributed by atoms with Crippen LogP contribution in [0.4, 0.5) is 11.8 Å². The molecule has 25 heavy (non-hydrogen) atoms. The van der Waals surface area contributed by atoms with Gasteiger partial charge in [0.25, 0.3) is 0 Å². The van der Waals surface area contributed by atoms with Gasteiger partial charge in [-0.05, 0) is 12.3 Å². The van der Waals surface area contributed by atoms with Crippen LogP contribution in [0.2, 0.25) is 0 Å². The molecule has 2 fully saturated rings. The average molecular weight is 360 g/mol. The van der Waals surface area contributed by atoms with Gasteiger partial charge in [0.15, 0.2) is 10.6 Å². The normalized spacial score (nSPS) is 19.0. The number of hydrogen-bond donors (Lipinski definition) is 1. The molecule has 0 bridgehead atoms. The standard InChI is InChI=1S/C17H24N6OS/c18-17-20-15(14-16(21-17)25-11-19-14)23-9-7-22(8-10-23)13(24)6-5-12-3-1-2-4-12/h11-12H,1-10H2,(H2,18,20,21). The Bertz CT molecular complexity index is 749. The number of nitrogens with zero attached hydrogens (tertiary/aromatic N) is 5. The lowest BCUT2D eigenvalue weighted by Gasteiger charge is -2.35. The maximum Gasteiger partial charge on any atom is 0.223 e. The number of rotatable bonds is 4. The topological polar surface area (TPSA) is 88.2 Å². The highest BCUT2D eigenvalue weighted by atomic mass is 32.1. The van der Waals surface area contributed by atoms with Crippen LogP contribution in [-0.4, -0.2) is 51.9 Å². The first-order chi connectivity index (χ1) is 12.2. The minimum absolute atomic E-state index is 0.279. The molecule has 3 heterocycles. The minimum atomic E-state index is 0.279. The summed E-state index contributed by atoms with van der Waals surface area (Å²) in [5, 5.41) is 0. The molecular weight excluding hydrogens is 336 g/mol. The number of hydrogen-bond acceptors (Lipinski definition) is 7. The van der Waals surface area contributed by atoms with Crippen LogP contribution in [0.15, 0.2) is 5.51 Å². The fraction of sp³-hybridized carbons (Fsp3) is 0.647. The lowest BCUT2D eigenvalue weighted by atomic mass is 10.0. The van der Waals surface area contributed by atoms with Crippen LogP contribution in [-0.2, 0) is 4.79 Å². The lowest BCUT2D eigenvalue weighted by Crippen LogP contribution is -2.49. The highest BCUT2D eigenvalue weighted by Gasteiger charge is 2.25. The lowest BCUT2D eigenvalue weighted by molar-refractivity contribution is -0.131. The van der Waals surface area contributed by atoms with Crippen LogP contribution < -0.4 is 10.6 Å². The van der Waals surface area contributed by atoms with Crippen LogP contribution in [0.25, 0.3) is 10.3 Å². The van der Waals surface area contributed by atoms with Gasteiger partial charge in [0.05, 0.1) is 5.51 Å². The van der Waals surface area contributed by atoms with Gasteiger partial charge < -0.3 is 15.5 Å². The van der Waals surface area contributed by atoms with Crippen molar-refractivity contribution in [1.29, 1.82) is 0 Å². The third-order valence-electron chi connectivity index (χ3n) is 5.37. The molecule has 0 aromatic carbocycles. The van der Waals surface area contributed by atoms with Crippen molar-refractivity contribution < 1.29 is 4.79 Å². The molecule has 0 radical (unpaired) electrons. The SMILES string of the molecule is Nc1nc(N2CCN(C(=O)CCC3CCCC3)CC2)c2ncsc2n1. The Labute approximate surface area is 151 Å². The summed E-state index contributed by atoms with van der Waals surface area (Å²) >= 11 is 1.47. The molecule has 0 unspecified atom stereocenters. The van der Waals surface area contributed by atoms with Crippen LogP contribution in [0.1, 0.15) is 38.5 Å². The van der Waals surface area contributed by atoms with E-state index in [0.717, 1.165) is 54.7 Å². The molecule has 2 N–H and O–H groups in total. The summed E-state index contributed by atoms with van der Waals surface area (Å²) < 4.78 is 0. The zero-order valence-electron chi connectivity index (χ0n) is 14.4. The van der Waals surface area contributed by atoms with E-state index in [-0.39, 0.29) is 5.95 Å². The van der Waals surface area contributed by atoms with E-state index < -0.39 is 0 Å². The summed E-state index contributed by atoms with van der Waals surface area (Å²) in [6.45, 7) is 2.99. The number of anilines is 2. The Kier molecular flexibility index (Phi) is 4.70. The molecule has 1 saturated carbocycles. The van der Waals surface area contributed by atoms with Crippen molar-refractivity contribution in [2.45, 2.75) is 38.5 Å². The van der Waals surface area contributed by atoms with Crippen LogP contribution in [0.3, 0.4) is 0 Å². The molecule has 2 aromatic rings. The first kappa shape index (κ1) is 16.5. The van der Waals surface area contributed by atoms with Crippen molar-refractivity contribution >= 4 is 39.4 Å². The maximum absolute atomic E-state index is 12.5. The van der Waals surface area contributed by atoms with Gasteiger partial charge in [-0.15, -0.1) is 11.3 Å². The van der Waals surface area contributed by atoms with Crippen molar-refractivity contribution in [3.8, 4) is 0 Å². The summed E-state index contributed by atoms with van der Waals surface area (Å²) in [5.74, 6) is 2.14. The monoisotopic (exact) mass is 360 g/mol. The number of fused-ring (bicyclic) bond motifs is 1. The summed E-state index contributed by atoms with van der Waals surface area (Å²) in [4.78, 5) is 30.4. The van der Waals surface area contributed by atoms with E-state index in [4.69, 9.17) is 5.73 Å². The minimum Gasteiger partial charge on any atom is -0.368 e. The van der Waals surface area contributed by atoms with Crippen molar-refractivity contribution in [3.05, 3.63) is 5.51 Å². The number of thiazole rings is 1. The molecule has 1 amide bonds. The Morgan fingerprint density at radius 3 is 2.72 bits per heavy atom. The molecule has 2 aromatic heterocycles. The summed E-state index contributed by atoms with van der Waals surface area (Å²) in [6, 6.07) is 0. The summed E-state index contributed by atoms with van der Waals surface area (Å²) in [6.07, 6.45) is 7.04. The first-order valence-corrected chi connectivity index (χ1v) is 9.98. The Balaban J connectivity index is 1.36. The van der Waals surface area contributed by atoms with Gasteiger partial charge >= 0.3 is 0 Å². The van der Waals surface area contributed by atoms with Crippen molar-refractivity contribution in [2.75, 3.05) is 36.8 Å². The molecule has 7 nitrogen and oxygen atoms in total. The molecule has 2 aliphatic rings. The highest BCUT2D eigenvalue weighted by molar-refractivity contribution is 7.16. The van der Waals surface area contributed by atoms with Gasteiger partial charge in [0.1, 0.15) is 5.52 Å². The van der Waals surface area contributed by atoms with Crippen molar-refractivity contribution in [1.82, 2.24) is 19.9 Å². The fourth-order valence-corrected chi connectivity index (χ4v) is 4.60. The molecule has 134 valence electrons. The molecule has 0 atom stereocenters. The van der Waals surface area contributed by atoms with Gasteiger partial charge in [0.2, 0.25) is 11.9 Å². The predicted molar refractivity (Wildman–Crippen MR) is 99.6 cm³/mol. The molecular formula is C17H24N6OS. The Morgan fingerprint density at radius 2 is 1.96 bits per heavy atom. The quantitative estimate of drug-likeness (QED) is 0.900. The van der Waals surface area contributed by atoms with Crippen molar-refractivity contribution in [2.24, 2.45) is 5.92 Å². The maximum atomic E-state index is 12.5. The van der Waals surface area contributed by atoms with E-state index >= 15 is 0 Å². The van der Waals surface area contributed by atoms with Gasteiger partial charge in [-0.25, -0.2) is 9.97 Å². The zero-order chi connectivity index (χ0) is 17.2. The second-order valence-corrected chi connectivity index (χ2v) is 7.80.